The highest BCUT2D eigenvalue weighted by atomic mass is 32.2. The van der Waals surface area contributed by atoms with E-state index in [1.807, 2.05) is 0 Å². The summed E-state index contributed by atoms with van der Waals surface area (Å²) in [6.07, 6.45) is 3.88. The Labute approximate surface area is 112 Å². The van der Waals surface area contributed by atoms with E-state index in [2.05, 4.69) is 15.6 Å². The summed E-state index contributed by atoms with van der Waals surface area (Å²) in [7, 11) is 1.62. The molecule has 0 spiro atoms. The number of methoxy groups -OCH3 is 1. The number of carbonyl (C=O) groups excluding carboxylic acids is 1. The summed E-state index contributed by atoms with van der Waals surface area (Å²) < 4.78 is 4.87. The molecule has 2 aliphatic rings. The second kappa shape index (κ2) is 6.99. The van der Waals surface area contributed by atoms with Crippen molar-refractivity contribution in [2.24, 2.45) is 10.9 Å². The molecular weight excluding hydrogens is 250 g/mol. The first kappa shape index (κ1) is 13.7. The summed E-state index contributed by atoms with van der Waals surface area (Å²) in [4.78, 5) is 15.8. The number of nitrogens with one attached hydrogen (secondary N) is 2. The predicted molar refractivity (Wildman–Crippen MR) is 73.9 cm³/mol. The van der Waals surface area contributed by atoms with Crippen LogP contribution < -0.4 is 10.6 Å². The molecular formula is C12H21N3O2S. The van der Waals surface area contributed by atoms with Crippen molar-refractivity contribution < 1.29 is 9.53 Å². The molecule has 2 rings (SSSR count). The van der Waals surface area contributed by atoms with E-state index in [-0.39, 0.29) is 12.5 Å². The van der Waals surface area contributed by atoms with Gasteiger partial charge in [0.2, 0.25) is 5.91 Å². The Morgan fingerprint density at radius 1 is 1.61 bits per heavy atom. The molecule has 0 bridgehead atoms. The Morgan fingerprint density at radius 3 is 3.33 bits per heavy atom. The molecule has 102 valence electrons. The quantitative estimate of drug-likeness (QED) is 0.719. The van der Waals surface area contributed by atoms with E-state index in [1.54, 1.807) is 18.9 Å². The summed E-state index contributed by atoms with van der Waals surface area (Å²) in [5.74, 6) is 1.89. The topological polar surface area (TPSA) is 62.7 Å². The van der Waals surface area contributed by atoms with Crippen molar-refractivity contribution in [2.45, 2.75) is 25.3 Å². The molecule has 1 aliphatic heterocycles. The normalized spacial score (nSPS) is 28.8. The molecule has 1 saturated carbocycles. The molecule has 1 heterocycles. The molecule has 6 heteroatoms. The highest BCUT2D eigenvalue weighted by Crippen LogP contribution is 2.32. The zero-order valence-electron chi connectivity index (χ0n) is 10.8. The summed E-state index contributed by atoms with van der Waals surface area (Å²) in [5, 5.41) is 7.14. The number of hydrogen-bond acceptors (Lipinski definition) is 4. The minimum Gasteiger partial charge on any atom is -0.383 e. The molecule has 5 nitrogen and oxygen atoms in total. The van der Waals surface area contributed by atoms with E-state index >= 15 is 0 Å². The molecule has 2 unspecified atom stereocenters. The van der Waals surface area contributed by atoms with Gasteiger partial charge in [0.15, 0.2) is 5.17 Å². The smallest absolute Gasteiger partial charge is 0.241 e. The maximum absolute atomic E-state index is 11.5. The number of rotatable bonds is 5. The third kappa shape index (κ3) is 3.88. The number of carbonyl (C=O) groups is 1. The lowest BCUT2D eigenvalue weighted by Crippen LogP contribution is -2.42. The van der Waals surface area contributed by atoms with Crippen LogP contribution in [-0.4, -0.2) is 49.7 Å². The highest BCUT2D eigenvalue weighted by Gasteiger charge is 2.31. The van der Waals surface area contributed by atoms with Crippen LogP contribution in [0.5, 0.6) is 0 Å². The van der Waals surface area contributed by atoms with Crippen molar-refractivity contribution in [3.8, 4) is 0 Å². The second-order valence-corrected chi connectivity index (χ2v) is 5.73. The van der Waals surface area contributed by atoms with E-state index in [1.165, 1.54) is 19.3 Å². The summed E-state index contributed by atoms with van der Waals surface area (Å²) >= 11 is 1.74. The van der Waals surface area contributed by atoms with Crippen LogP contribution in [0, 0.1) is 5.92 Å². The molecule has 0 aromatic heterocycles. The average Bonchev–Trinajstić information content (AvgIpc) is 2.84. The summed E-state index contributed by atoms with van der Waals surface area (Å²) in [6.45, 7) is 1.29. The van der Waals surface area contributed by atoms with Gasteiger partial charge in [-0.1, -0.05) is 18.2 Å². The largest absolute Gasteiger partial charge is 0.383 e. The first-order valence-electron chi connectivity index (χ1n) is 6.49. The lowest BCUT2D eigenvalue weighted by Gasteiger charge is -2.27. The maximum Gasteiger partial charge on any atom is 0.241 e. The SMILES string of the molecule is COCCNC(=O)CN=C1NC2CCCC2CS1. The Bertz CT molecular complexity index is 322. The van der Waals surface area contributed by atoms with E-state index < -0.39 is 0 Å². The molecule has 1 amide bonds. The zero-order chi connectivity index (χ0) is 12.8. The molecule has 0 radical (unpaired) electrons. The first-order chi connectivity index (χ1) is 8.79. The van der Waals surface area contributed by atoms with E-state index in [9.17, 15) is 4.79 Å². The molecule has 1 saturated heterocycles. The van der Waals surface area contributed by atoms with Crippen LogP contribution in [0.3, 0.4) is 0 Å². The van der Waals surface area contributed by atoms with Crippen LogP contribution in [0.15, 0.2) is 4.99 Å². The molecule has 0 aromatic carbocycles. The number of amides is 1. The molecule has 1 aliphatic carbocycles. The van der Waals surface area contributed by atoms with Crippen molar-refractivity contribution in [3.05, 3.63) is 0 Å². The van der Waals surface area contributed by atoms with Crippen LogP contribution in [0.4, 0.5) is 0 Å². The molecule has 2 atom stereocenters. The third-order valence-electron chi connectivity index (χ3n) is 3.40. The van der Waals surface area contributed by atoms with Gasteiger partial charge in [0.05, 0.1) is 6.61 Å². The fourth-order valence-electron chi connectivity index (χ4n) is 2.40. The van der Waals surface area contributed by atoms with Gasteiger partial charge < -0.3 is 15.4 Å². The van der Waals surface area contributed by atoms with Gasteiger partial charge in [0.25, 0.3) is 0 Å². The molecule has 0 aromatic rings. The number of aliphatic imine (C=N–C) groups is 1. The van der Waals surface area contributed by atoms with Crippen molar-refractivity contribution in [3.63, 3.8) is 0 Å². The Kier molecular flexibility index (Phi) is 5.31. The van der Waals surface area contributed by atoms with Gasteiger partial charge in [-0.15, -0.1) is 0 Å². The van der Waals surface area contributed by atoms with E-state index in [4.69, 9.17) is 4.74 Å². The standard InChI is InChI=1S/C12H21N3O2S/c1-17-6-5-13-11(16)7-14-12-15-10-4-2-3-9(10)8-18-12/h9-10H,2-8H2,1H3,(H,13,16)(H,14,15). The number of fused-ring (bicyclic) bond motifs is 1. The lowest BCUT2D eigenvalue weighted by atomic mass is 10.1. The Balaban J connectivity index is 1.71. The Morgan fingerprint density at radius 2 is 2.50 bits per heavy atom. The predicted octanol–water partition coefficient (Wildman–Crippen LogP) is 0.610. The lowest BCUT2D eigenvalue weighted by molar-refractivity contribution is -0.119. The Hall–Kier alpha value is -0.750. The van der Waals surface area contributed by atoms with E-state index in [0.29, 0.717) is 19.2 Å². The van der Waals surface area contributed by atoms with Crippen LogP contribution in [0.1, 0.15) is 19.3 Å². The maximum atomic E-state index is 11.5. The van der Waals surface area contributed by atoms with E-state index in [0.717, 1.165) is 16.8 Å². The van der Waals surface area contributed by atoms with Crippen LogP contribution in [0.25, 0.3) is 0 Å². The van der Waals surface area contributed by atoms with Crippen molar-refractivity contribution in [1.29, 1.82) is 0 Å². The van der Waals surface area contributed by atoms with Crippen molar-refractivity contribution in [2.75, 3.05) is 32.6 Å². The van der Waals surface area contributed by atoms with Gasteiger partial charge in [0.1, 0.15) is 6.54 Å². The fourth-order valence-corrected chi connectivity index (χ4v) is 3.56. The molecule has 2 N–H and O–H groups in total. The average molecular weight is 271 g/mol. The van der Waals surface area contributed by atoms with Gasteiger partial charge in [-0.05, 0) is 18.8 Å². The molecule has 2 fully saturated rings. The van der Waals surface area contributed by atoms with Gasteiger partial charge in [-0.2, -0.15) is 0 Å². The summed E-state index contributed by atoms with van der Waals surface area (Å²) in [6, 6.07) is 0.585. The van der Waals surface area contributed by atoms with Gasteiger partial charge in [-0.25, -0.2) is 0 Å². The van der Waals surface area contributed by atoms with Gasteiger partial charge in [-0.3, -0.25) is 9.79 Å². The second-order valence-electron chi connectivity index (χ2n) is 4.72. The number of amidine groups is 1. The van der Waals surface area contributed by atoms with Crippen molar-refractivity contribution in [1.82, 2.24) is 10.6 Å². The van der Waals surface area contributed by atoms with Crippen LogP contribution in [-0.2, 0) is 9.53 Å². The highest BCUT2D eigenvalue weighted by molar-refractivity contribution is 8.13. The number of ether oxygens (including phenoxy) is 1. The molecule has 18 heavy (non-hydrogen) atoms. The number of nitrogens with zero attached hydrogens (tertiary/aromatic N) is 1. The number of thioether (sulfide) groups is 1. The summed E-state index contributed by atoms with van der Waals surface area (Å²) in [5.41, 5.74) is 0. The monoisotopic (exact) mass is 271 g/mol. The first-order valence-corrected chi connectivity index (χ1v) is 7.47. The van der Waals surface area contributed by atoms with Gasteiger partial charge >= 0.3 is 0 Å². The third-order valence-corrected chi connectivity index (χ3v) is 4.51. The van der Waals surface area contributed by atoms with Crippen LogP contribution in [0.2, 0.25) is 0 Å². The minimum absolute atomic E-state index is 0.0458. The van der Waals surface area contributed by atoms with Crippen molar-refractivity contribution >= 4 is 22.8 Å². The zero-order valence-corrected chi connectivity index (χ0v) is 11.6. The fraction of sp³-hybridized carbons (Fsp3) is 0.833. The minimum atomic E-state index is -0.0458. The van der Waals surface area contributed by atoms with Crippen LogP contribution >= 0.6 is 11.8 Å². The van der Waals surface area contributed by atoms with Gasteiger partial charge in [0, 0.05) is 25.4 Å². The number of hydrogen-bond donors (Lipinski definition) is 2.